The number of H-pyrrole nitrogens is 1. The normalized spacial score (nSPS) is 15.6. The summed E-state index contributed by atoms with van der Waals surface area (Å²) in [5.74, 6) is 0.505. The van der Waals surface area contributed by atoms with Crippen LogP contribution in [0.1, 0.15) is 69.7 Å². The maximum absolute atomic E-state index is 13.0. The van der Waals surface area contributed by atoms with Crippen LogP contribution < -0.4 is 5.32 Å². The number of amides is 2. The van der Waals surface area contributed by atoms with Gasteiger partial charge in [0, 0.05) is 31.4 Å². The van der Waals surface area contributed by atoms with E-state index < -0.39 is 0 Å². The van der Waals surface area contributed by atoms with E-state index in [1.165, 1.54) is 0 Å². The second-order valence-corrected chi connectivity index (χ2v) is 8.55. The van der Waals surface area contributed by atoms with Crippen LogP contribution in [0.15, 0.2) is 36.5 Å². The molecular weight excluding hydrogens is 416 g/mol. The lowest BCUT2D eigenvalue weighted by Gasteiger charge is -2.24. The van der Waals surface area contributed by atoms with Crippen molar-refractivity contribution >= 4 is 11.8 Å². The predicted molar refractivity (Wildman–Crippen MR) is 124 cm³/mol. The number of hydrogen-bond acceptors (Lipinski definition) is 5. The second-order valence-electron chi connectivity index (χ2n) is 8.55. The zero-order valence-corrected chi connectivity index (χ0v) is 19.4. The Morgan fingerprint density at radius 1 is 1.15 bits per heavy atom. The molecule has 8 heteroatoms. The lowest BCUT2D eigenvalue weighted by Crippen LogP contribution is -2.32. The number of aromatic amines is 1. The number of nitrogens with zero attached hydrogens (tertiary/aromatic N) is 4. The van der Waals surface area contributed by atoms with E-state index in [2.05, 4.69) is 25.5 Å². The van der Waals surface area contributed by atoms with E-state index in [9.17, 15) is 9.59 Å². The monoisotopic (exact) mass is 446 g/mol. The number of hydrogen-bond donors (Lipinski definition) is 2. The van der Waals surface area contributed by atoms with Gasteiger partial charge < -0.3 is 10.2 Å². The van der Waals surface area contributed by atoms with Crippen molar-refractivity contribution in [2.75, 3.05) is 6.54 Å². The molecule has 0 unspecified atom stereocenters. The van der Waals surface area contributed by atoms with Gasteiger partial charge in [0.05, 0.1) is 23.0 Å². The molecule has 2 N–H and O–H groups in total. The Kier molecular flexibility index (Phi) is 6.82. The van der Waals surface area contributed by atoms with Crippen molar-refractivity contribution in [2.45, 2.75) is 59.0 Å². The first kappa shape index (κ1) is 22.6. The number of nitrogens with one attached hydrogen (secondary N) is 2. The van der Waals surface area contributed by atoms with Gasteiger partial charge in [0.1, 0.15) is 0 Å². The fourth-order valence-electron chi connectivity index (χ4n) is 4.39. The van der Waals surface area contributed by atoms with Crippen molar-refractivity contribution in [3.05, 3.63) is 76.1 Å². The van der Waals surface area contributed by atoms with Gasteiger partial charge in [0.15, 0.2) is 5.82 Å². The molecule has 172 valence electrons. The number of carbonyl (C=O) groups is 2. The standard InChI is InChI=1S/C25H30N6O2/c1-16-21(25(33)27-14-19-8-5-4-6-9-19)15-26-24(28-16)22-10-7-13-31(22)23(32)12-11-20-17(2)29-30-18(20)3/h4-6,8-9,15,22H,7,10-14H2,1-3H3,(H,27,33)(H,29,30)/t22-/m1/s1. The smallest absolute Gasteiger partial charge is 0.254 e. The first-order valence-corrected chi connectivity index (χ1v) is 11.4. The van der Waals surface area contributed by atoms with Crippen molar-refractivity contribution in [2.24, 2.45) is 0 Å². The van der Waals surface area contributed by atoms with Gasteiger partial charge in [-0.1, -0.05) is 30.3 Å². The number of carbonyl (C=O) groups excluding carboxylic acids is 2. The maximum Gasteiger partial charge on any atom is 0.254 e. The Bertz CT molecular complexity index is 1120. The molecule has 4 rings (SSSR count). The predicted octanol–water partition coefficient (Wildman–Crippen LogP) is 3.35. The molecule has 3 aromatic rings. The molecule has 1 atom stereocenters. The third-order valence-electron chi connectivity index (χ3n) is 6.28. The van der Waals surface area contributed by atoms with Crippen molar-refractivity contribution in [3.63, 3.8) is 0 Å². The van der Waals surface area contributed by atoms with Crippen LogP contribution in [0, 0.1) is 20.8 Å². The van der Waals surface area contributed by atoms with Gasteiger partial charge in [0.2, 0.25) is 5.91 Å². The molecule has 2 amide bonds. The molecule has 2 aromatic heterocycles. The van der Waals surface area contributed by atoms with Crippen molar-refractivity contribution in [3.8, 4) is 0 Å². The van der Waals surface area contributed by atoms with Crippen molar-refractivity contribution in [1.29, 1.82) is 0 Å². The number of rotatable bonds is 7. The third kappa shape index (κ3) is 5.10. The molecule has 0 aliphatic carbocycles. The summed E-state index contributed by atoms with van der Waals surface area (Å²) in [6.07, 6.45) is 4.42. The van der Waals surface area contributed by atoms with E-state index in [0.717, 1.165) is 35.4 Å². The van der Waals surface area contributed by atoms with E-state index in [1.807, 2.05) is 56.0 Å². The molecule has 0 bridgehead atoms. The van der Waals surface area contributed by atoms with Crippen LogP contribution in [0.5, 0.6) is 0 Å². The van der Waals surface area contributed by atoms with Gasteiger partial charge in [-0.3, -0.25) is 14.7 Å². The van der Waals surface area contributed by atoms with E-state index in [-0.39, 0.29) is 17.9 Å². The summed E-state index contributed by atoms with van der Waals surface area (Å²) in [5.41, 5.74) is 5.17. The summed E-state index contributed by atoms with van der Waals surface area (Å²) in [6.45, 7) is 6.90. The first-order valence-electron chi connectivity index (χ1n) is 11.4. The van der Waals surface area contributed by atoms with Gasteiger partial charge >= 0.3 is 0 Å². The number of likely N-dealkylation sites (tertiary alicyclic amines) is 1. The molecule has 1 aliphatic heterocycles. The molecule has 1 aliphatic rings. The van der Waals surface area contributed by atoms with Crippen LogP contribution in [0.3, 0.4) is 0 Å². The summed E-state index contributed by atoms with van der Waals surface area (Å²) in [6, 6.07) is 9.61. The number of aryl methyl sites for hydroxylation is 3. The first-order chi connectivity index (χ1) is 15.9. The topological polar surface area (TPSA) is 104 Å². The minimum Gasteiger partial charge on any atom is -0.348 e. The quantitative estimate of drug-likeness (QED) is 0.579. The molecule has 33 heavy (non-hydrogen) atoms. The van der Waals surface area contributed by atoms with Crippen LogP contribution in [0.4, 0.5) is 0 Å². The van der Waals surface area contributed by atoms with E-state index >= 15 is 0 Å². The van der Waals surface area contributed by atoms with E-state index in [4.69, 9.17) is 0 Å². The average Bonchev–Trinajstić information content (AvgIpc) is 3.43. The second kappa shape index (κ2) is 9.94. The lowest BCUT2D eigenvalue weighted by molar-refractivity contribution is -0.132. The molecule has 1 aromatic carbocycles. The average molecular weight is 447 g/mol. The van der Waals surface area contributed by atoms with Crippen LogP contribution in [0.2, 0.25) is 0 Å². The summed E-state index contributed by atoms with van der Waals surface area (Å²) in [4.78, 5) is 36.6. The Hall–Kier alpha value is -3.55. The summed E-state index contributed by atoms with van der Waals surface area (Å²) in [5, 5.41) is 10.1. The highest BCUT2D eigenvalue weighted by Gasteiger charge is 2.32. The van der Waals surface area contributed by atoms with Crippen molar-refractivity contribution < 1.29 is 9.59 Å². The fraction of sp³-hybridized carbons (Fsp3) is 0.400. The van der Waals surface area contributed by atoms with Crippen LogP contribution in [-0.4, -0.2) is 43.4 Å². The summed E-state index contributed by atoms with van der Waals surface area (Å²) in [7, 11) is 0. The van der Waals surface area contributed by atoms with E-state index in [1.54, 1.807) is 6.20 Å². The van der Waals surface area contributed by atoms with Gasteiger partial charge in [-0.05, 0) is 51.2 Å². The molecule has 0 radical (unpaired) electrons. The minimum absolute atomic E-state index is 0.100. The van der Waals surface area contributed by atoms with Gasteiger partial charge in [-0.15, -0.1) is 0 Å². The zero-order chi connectivity index (χ0) is 23.4. The Morgan fingerprint density at radius 3 is 2.64 bits per heavy atom. The van der Waals surface area contributed by atoms with Crippen molar-refractivity contribution in [1.82, 2.24) is 30.4 Å². The molecule has 1 fully saturated rings. The highest BCUT2D eigenvalue weighted by molar-refractivity contribution is 5.94. The highest BCUT2D eigenvalue weighted by atomic mass is 16.2. The zero-order valence-electron chi connectivity index (χ0n) is 19.4. The lowest BCUT2D eigenvalue weighted by atomic mass is 10.1. The summed E-state index contributed by atoms with van der Waals surface area (Å²) < 4.78 is 0. The van der Waals surface area contributed by atoms with Gasteiger partial charge in [-0.25, -0.2) is 9.97 Å². The van der Waals surface area contributed by atoms with Crippen LogP contribution >= 0.6 is 0 Å². The Morgan fingerprint density at radius 2 is 1.94 bits per heavy atom. The fourth-order valence-corrected chi connectivity index (χ4v) is 4.39. The third-order valence-corrected chi connectivity index (χ3v) is 6.28. The van der Waals surface area contributed by atoms with E-state index in [0.29, 0.717) is 43.0 Å². The van der Waals surface area contributed by atoms with Crippen LogP contribution in [-0.2, 0) is 17.8 Å². The van der Waals surface area contributed by atoms with Crippen LogP contribution in [0.25, 0.3) is 0 Å². The largest absolute Gasteiger partial charge is 0.348 e. The molecule has 8 nitrogen and oxygen atoms in total. The van der Waals surface area contributed by atoms with Gasteiger partial charge in [0.25, 0.3) is 5.91 Å². The SMILES string of the molecule is Cc1nc([C@H]2CCCN2C(=O)CCc2c(C)n[nH]c2C)ncc1C(=O)NCc1ccccc1. The molecular formula is C25H30N6O2. The molecule has 0 spiro atoms. The summed E-state index contributed by atoms with van der Waals surface area (Å²) >= 11 is 0. The highest BCUT2D eigenvalue weighted by Crippen LogP contribution is 2.31. The number of benzene rings is 1. The minimum atomic E-state index is -0.201. The number of aromatic nitrogens is 4. The Labute approximate surface area is 193 Å². The maximum atomic E-state index is 13.0. The molecule has 0 saturated carbocycles. The molecule has 3 heterocycles. The van der Waals surface area contributed by atoms with Gasteiger partial charge in [-0.2, -0.15) is 5.10 Å². The molecule has 1 saturated heterocycles. The Balaban J connectivity index is 1.40.